The molecule has 17 heavy (non-hydrogen) atoms. The van der Waals surface area contributed by atoms with Crippen molar-refractivity contribution in [3.63, 3.8) is 0 Å². The monoisotopic (exact) mass is 261 g/mol. The summed E-state index contributed by atoms with van der Waals surface area (Å²) in [6, 6.07) is 4.06. The van der Waals surface area contributed by atoms with Crippen molar-refractivity contribution in [2.75, 3.05) is 0 Å². The van der Waals surface area contributed by atoms with Crippen LogP contribution >= 0.6 is 12.4 Å². The van der Waals surface area contributed by atoms with E-state index in [1.165, 1.54) is 12.1 Å². The normalized spacial score (nSPS) is 13.9. The van der Waals surface area contributed by atoms with E-state index in [-0.39, 0.29) is 18.2 Å². The minimum atomic E-state index is -0.552. The van der Waals surface area contributed by atoms with Gasteiger partial charge in [-0.25, -0.2) is 4.39 Å². The Morgan fingerprint density at radius 3 is 2.59 bits per heavy atom. The number of halogens is 2. The number of benzene rings is 1. The van der Waals surface area contributed by atoms with Gasteiger partial charge in [0.2, 0.25) is 0 Å². The number of unbranched alkanes of at least 4 members (excludes halogenated alkanes) is 1. The van der Waals surface area contributed by atoms with E-state index in [2.05, 4.69) is 6.92 Å². The van der Waals surface area contributed by atoms with Crippen molar-refractivity contribution in [2.24, 2.45) is 5.73 Å². The van der Waals surface area contributed by atoms with Crippen LogP contribution in [0.3, 0.4) is 0 Å². The molecule has 0 amide bonds. The lowest BCUT2D eigenvalue weighted by atomic mass is 9.95. The third-order valence-corrected chi connectivity index (χ3v) is 2.86. The molecule has 0 unspecified atom stereocenters. The summed E-state index contributed by atoms with van der Waals surface area (Å²) in [5.74, 6) is -0.267. The van der Waals surface area contributed by atoms with Crippen molar-refractivity contribution in [3.8, 4) is 0 Å². The number of aryl methyl sites for hydroxylation is 1. The zero-order valence-corrected chi connectivity index (χ0v) is 11.1. The highest BCUT2D eigenvalue weighted by atomic mass is 35.5. The number of hydrogen-bond donors (Lipinski definition) is 2. The quantitative estimate of drug-likeness (QED) is 0.856. The fraction of sp³-hybridized carbons (Fsp3) is 0.538. The van der Waals surface area contributed by atoms with E-state index in [9.17, 15) is 9.50 Å². The van der Waals surface area contributed by atoms with Crippen LogP contribution in [0.25, 0.3) is 0 Å². The molecule has 1 aromatic carbocycles. The largest absolute Gasteiger partial charge is 0.391 e. The molecule has 0 saturated carbocycles. The third-order valence-electron chi connectivity index (χ3n) is 2.86. The summed E-state index contributed by atoms with van der Waals surface area (Å²) in [5.41, 5.74) is 7.58. The van der Waals surface area contributed by atoms with Crippen LogP contribution in [-0.4, -0.2) is 11.2 Å². The number of hydrogen-bond acceptors (Lipinski definition) is 2. The third kappa shape index (κ3) is 4.62. The van der Waals surface area contributed by atoms with Crippen LogP contribution in [0.2, 0.25) is 0 Å². The molecule has 0 aliphatic carbocycles. The van der Waals surface area contributed by atoms with Crippen LogP contribution in [0.4, 0.5) is 4.39 Å². The number of nitrogens with two attached hydrogens (primary N) is 1. The molecule has 0 fully saturated rings. The van der Waals surface area contributed by atoms with Gasteiger partial charge in [-0.2, -0.15) is 0 Å². The number of rotatable bonds is 5. The Kier molecular flexibility index (Phi) is 7.35. The Morgan fingerprint density at radius 1 is 1.41 bits per heavy atom. The van der Waals surface area contributed by atoms with Gasteiger partial charge in [0.05, 0.1) is 12.1 Å². The Morgan fingerprint density at radius 2 is 2.06 bits per heavy atom. The van der Waals surface area contributed by atoms with Crippen molar-refractivity contribution in [3.05, 3.63) is 35.1 Å². The van der Waals surface area contributed by atoms with E-state index in [0.29, 0.717) is 6.42 Å². The van der Waals surface area contributed by atoms with Crippen LogP contribution in [0.5, 0.6) is 0 Å². The van der Waals surface area contributed by atoms with E-state index >= 15 is 0 Å². The van der Waals surface area contributed by atoms with Gasteiger partial charge in [-0.05, 0) is 36.6 Å². The summed E-state index contributed by atoms with van der Waals surface area (Å²) in [6.45, 7) is 3.88. The van der Waals surface area contributed by atoms with Gasteiger partial charge in [-0.1, -0.05) is 25.8 Å². The average Bonchev–Trinajstić information content (AvgIpc) is 2.25. The highest BCUT2D eigenvalue weighted by molar-refractivity contribution is 5.85. The first-order chi connectivity index (χ1) is 7.56. The lowest BCUT2D eigenvalue weighted by Crippen LogP contribution is -2.26. The Balaban J connectivity index is 0.00000256. The maximum Gasteiger partial charge on any atom is 0.123 e. The molecule has 1 aromatic rings. The van der Waals surface area contributed by atoms with Crippen LogP contribution in [0, 0.1) is 12.7 Å². The Labute approximate surface area is 108 Å². The predicted octanol–water partition coefficient (Wildman–Crippen LogP) is 3.11. The molecule has 0 heterocycles. The van der Waals surface area contributed by atoms with E-state index in [0.717, 1.165) is 24.0 Å². The minimum Gasteiger partial charge on any atom is -0.391 e. The molecule has 98 valence electrons. The maximum absolute atomic E-state index is 12.9. The van der Waals surface area contributed by atoms with Crippen LogP contribution in [0.1, 0.15) is 43.4 Å². The van der Waals surface area contributed by atoms with E-state index in [4.69, 9.17) is 5.73 Å². The van der Waals surface area contributed by atoms with Crippen LogP contribution < -0.4 is 5.73 Å². The van der Waals surface area contributed by atoms with Gasteiger partial charge < -0.3 is 10.8 Å². The Hall–Kier alpha value is -0.640. The highest BCUT2D eigenvalue weighted by Crippen LogP contribution is 2.22. The smallest absolute Gasteiger partial charge is 0.123 e. The van der Waals surface area contributed by atoms with Crippen LogP contribution in [0.15, 0.2) is 18.2 Å². The van der Waals surface area contributed by atoms with E-state index in [1.54, 1.807) is 6.07 Å². The minimum absolute atomic E-state index is 0. The summed E-state index contributed by atoms with van der Waals surface area (Å²) < 4.78 is 12.9. The number of aliphatic hydroxyl groups excluding tert-OH is 1. The van der Waals surface area contributed by atoms with E-state index < -0.39 is 12.1 Å². The van der Waals surface area contributed by atoms with Gasteiger partial charge >= 0.3 is 0 Å². The summed E-state index contributed by atoms with van der Waals surface area (Å²) in [5, 5.41) is 9.88. The van der Waals surface area contributed by atoms with Gasteiger partial charge in [-0.3, -0.25) is 0 Å². The van der Waals surface area contributed by atoms with Crippen LogP contribution in [-0.2, 0) is 0 Å². The lowest BCUT2D eigenvalue weighted by Gasteiger charge is -2.20. The first-order valence-electron chi connectivity index (χ1n) is 5.76. The standard InChI is InChI=1S/C13H20FNO.ClH/c1-3-4-5-12(16)13(15)11-7-6-10(14)8-9(11)2;/h6-8,12-13,16H,3-5,15H2,1-2H3;1H/t12-,13+;/m1./s1. The summed E-state index contributed by atoms with van der Waals surface area (Å²) in [7, 11) is 0. The molecule has 4 heteroatoms. The van der Waals surface area contributed by atoms with Gasteiger partial charge in [-0.15, -0.1) is 12.4 Å². The lowest BCUT2D eigenvalue weighted by molar-refractivity contribution is 0.132. The summed E-state index contributed by atoms with van der Waals surface area (Å²) in [6.07, 6.45) is 2.12. The molecule has 0 radical (unpaired) electrons. The average molecular weight is 262 g/mol. The molecule has 0 aliphatic heterocycles. The second kappa shape index (κ2) is 7.64. The predicted molar refractivity (Wildman–Crippen MR) is 70.8 cm³/mol. The molecule has 0 aromatic heterocycles. The zero-order chi connectivity index (χ0) is 12.1. The fourth-order valence-corrected chi connectivity index (χ4v) is 1.81. The van der Waals surface area contributed by atoms with Crippen molar-refractivity contribution in [1.82, 2.24) is 0 Å². The van der Waals surface area contributed by atoms with Gasteiger partial charge in [0.15, 0.2) is 0 Å². The van der Waals surface area contributed by atoms with Crippen molar-refractivity contribution >= 4 is 12.4 Å². The topological polar surface area (TPSA) is 46.2 Å². The molecule has 0 aliphatic rings. The molecular weight excluding hydrogens is 241 g/mol. The summed E-state index contributed by atoms with van der Waals surface area (Å²) >= 11 is 0. The second-order valence-electron chi connectivity index (χ2n) is 4.24. The molecule has 1 rings (SSSR count). The zero-order valence-electron chi connectivity index (χ0n) is 10.3. The molecule has 0 bridgehead atoms. The maximum atomic E-state index is 12.9. The van der Waals surface area contributed by atoms with Crippen molar-refractivity contribution in [2.45, 2.75) is 45.3 Å². The first kappa shape index (κ1) is 16.4. The molecule has 0 spiro atoms. The first-order valence-corrected chi connectivity index (χ1v) is 5.76. The van der Waals surface area contributed by atoms with Crippen molar-refractivity contribution < 1.29 is 9.50 Å². The van der Waals surface area contributed by atoms with E-state index in [1.807, 2.05) is 6.92 Å². The highest BCUT2D eigenvalue weighted by Gasteiger charge is 2.18. The van der Waals surface area contributed by atoms with Crippen molar-refractivity contribution in [1.29, 1.82) is 0 Å². The fourth-order valence-electron chi connectivity index (χ4n) is 1.81. The SMILES string of the molecule is CCCC[C@@H](O)[C@@H](N)c1ccc(F)cc1C.Cl. The molecule has 0 saturated heterocycles. The number of aliphatic hydroxyl groups is 1. The molecule has 2 nitrogen and oxygen atoms in total. The van der Waals surface area contributed by atoms with Gasteiger partial charge in [0, 0.05) is 0 Å². The van der Waals surface area contributed by atoms with Gasteiger partial charge in [0.25, 0.3) is 0 Å². The molecule has 2 atom stereocenters. The second-order valence-corrected chi connectivity index (χ2v) is 4.24. The molecule has 3 N–H and O–H groups in total. The Bertz CT molecular complexity index is 346. The van der Waals surface area contributed by atoms with Gasteiger partial charge in [0.1, 0.15) is 5.82 Å². The molecular formula is C13H21ClFNO. The summed E-state index contributed by atoms with van der Waals surface area (Å²) in [4.78, 5) is 0.